The molecule has 1 aromatic carbocycles. The zero-order chi connectivity index (χ0) is 11.0. The number of benzene rings is 1. The van der Waals surface area contributed by atoms with Gasteiger partial charge in [0.25, 0.3) is 11.7 Å². The van der Waals surface area contributed by atoms with E-state index < -0.39 is 17.5 Å². The number of halogens is 1. The lowest BCUT2D eigenvalue weighted by Gasteiger charge is -2.11. The molecular weight excluding hydrogens is 201 g/mol. The molecule has 0 saturated carbocycles. The molecule has 0 aliphatic carbocycles. The molecule has 15 heavy (non-hydrogen) atoms. The Morgan fingerprint density at radius 1 is 1.33 bits per heavy atom. The number of fused-ring (bicyclic) bond motifs is 1. The number of ketones is 1. The van der Waals surface area contributed by atoms with Gasteiger partial charge >= 0.3 is 0 Å². The maximum absolute atomic E-state index is 12.8. The first-order valence-electron chi connectivity index (χ1n) is 4.24. The van der Waals surface area contributed by atoms with Crippen molar-refractivity contribution in [2.24, 2.45) is 0 Å². The number of carbonyl (C=O) groups excluding carboxylic acids is 3. The highest BCUT2D eigenvalue weighted by Gasteiger charge is 2.35. The smallest absolute Gasteiger partial charge is 0.299 e. The van der Waals surface area contributed by atoms with Crippen LogP contribution in [0.5, 0.6) is 0 Å². The highest BCUT2D eigenvalue weighted by atomic mass is 19.1. The Hall–Kier alpha value is -2.04. The summed E-state index contributed by atoms with van der Waals surface area (Å²) in [6, 6.07) is 3.46. The first-order chi connectivity index (χ1) is 7.15. The Kier molecular flexibility index (Phi) is 2.07. The van der Waals surface area contributed by atoms with E-state index in [9.17, 15) is 18.8 Å². The molecule has 1 aromatic rings. The Morgan fingerprint density at radius 3 is 2.73 bits per heavy atom. The van der Waals surface area contributed by atoms with Crippen molar-refractivity contribution in [2.45, 2.75) is 0 Å². The molecule has 0 unspecified atom stereocenters. The third-order valence-electron chi connectivity index (χ3n) is 2.19. The van der Waals surface area contributed by atoms with Crippen molar-refractivity contribution in [3.8, 4) is 0 Å². The van der Waals surface area contributed by atoms with E-state index in [-0.39, 0.29) is 12.1 Å². The number of aldehydes is 1. The third kappa shape index (κ3) is 1.32. The molecule has 76 valence electrons. The molecule has 1 amide bonds. The summed E-state index contributed by atoms with van der Waals surface area (Å²) in [6.45, 7) is -0.191. The molecule has 0 bridgehead atoms. The van der Waals surface area contributed by atoms with Crippen molar-refractivity contribution in [1.29, 1.82) is 0 Å². The van der Waals surface area contributed by atoms with Crippen LogP contribution in [0.4, 0.5) is 10.1 Å². The molecule has 0 atom stereocenters. The summed E-state index contributed by atoms with van der Waals surface area (Å²) in [5, 5.41) is 0. The summed E-state index contributed by atoms with van der Waals surface area (Å²) in [5.74, 6) is -2.14. The van der Waals surface area contributed by atoms with Crippen LogP contribution < -0.4 is 4.90 Å². The Morgan fingerprint density at radius 2 is 2.07 bits per heavy atom. The second-order valence-corrected chi connectivity index (χ2v) is 3.07. The lowest BCUT2D eigenvalue weighted by molar-refractivity contribution is -0.115. The second-order valence-electron chi connectivity index (χ2n) is 3.07. The van der Waals surface area contributed by atoms with Gasteiger partial charge in [0.2, 0.25) is 0 Å². The number of rotatable bonds is 2. The summed E-state index contributed by atoms with van der Waals surface area (Å²) in [5.41, 5.74) is 0.306. The van der Waals surface area contributed by atoms with Gasteiger partial charge in [-0.1, -0.05) is 0 Å². The molecule has 2 rings (SSSR count). The highest BCUT2D eigenvalue weighted by Crippen LogP contribution is 2.28. The zero-order valence-electron chi connectivity index (χ0n) is 7.57. The lowest BCUT2D eigenvalue weighted by atomic mass is 10.1. The van der Waals surface area contributed by atoms with E-state index in [4.69, 9.17) is 0 Å². The van der Waals surface area contributed by atoms with Crippen LogP contribution in [-0.2, 0) is 9.59 Å². The Labute approximate surface area is 84.3 Å². The fraction of sp³-hybridized carbons (Fsp3) is 0.100. The van der Waals surface area contributed by atoms with Gasteiger partial charge in [0, 0.05) is 0 Å². The molecule has 5 heteroatoms. The van der Waals surface area contributed by atoms with Crippen LogP contribution in [0.15, 0.2) is 18.2 Å². The van der Waals surface area contributed by atoms with Crippen molar-refractivity contribution in [3.63, 3.8) is 0 Å². The predicted molar refractivity (Wildman–Crippen MR) is 49.1 cm³/mol. The number of carbonyl (C=O) groups is 3. The highest BCUT2D eigenvalue weighted by molar-refractivity contribution is 6.52. The van der Waals surface area contributed by atoms with Crippen LogP contribution in [0.3, 0.4) is 0 Å². The maximum atomic E-state index is 12.8. The van der Waals surface area contributed by atoms with Crippen molar-refractivity contribution in [3.05, 3.63) is 29.6 Å². The van der Waals surface area contributed by atoms with Crippen molar-refractivity contribution in [2.75, 3.05) is 11.4 Å². The SMILES string of the molecule is O=CCN1C(=O)C(=O)c2cc(F)ccc21. The number of nitrogens with zero attached hydrogens (tertiary/aromatic N) is 1. The van der Waals surface area contributed by atoms with Gasteiger partial charge in [0.05, 0.1) is 17.8 Å². The summed E-state index contributed by atoms with van der Waals surface area (Å²) in [6.07, 6.45) is 0.517. The van der Waals surface area contributed by atoms with E-state index in [0.717, 1.165) is 17.0 Å². The molecular formula is C10H6FNO3. The Balaban J connectivity index is 2.55. The maximum Gasteiger partial charge on any atom is 0.299 e. The van der Waals surface area contributed by atoms with Crippen molar-refractivity contribution >= 4 is 23.7 Å². The van der Waals surface area contributed by atoms with Crippen LogP contribution >= 0.6 is 0 Å². The topological polar surface area (TPSA) is 54.5 Å². The minimum absolute atomic E-state index is 0.0156. The van der Waals surface area contributed by atoms with Gasteiger partial charge < -0.3 is 4.79 Å². The molecule has 0 N–H and O–H groups in total. The van der Waals surface area contributed by atoms with E-state index in [0.29, 0.717) is 12.0 Å². The van der Waals surface area contributed by atoms with Crippen LogP contribution in [0.25, 0.3) is 0 Å². The summed E-state index contributed by atoms with van der Waals surface area (Å²) >= 11 is 0. The van der Waals surface area contributed by atoms with Gasteiger partial charge in [0.1, 0.15) is 12.1 Å². The van der Waals surface area contributed by atoms with Gasteiger partial charge in [-0.05, 0) is 18.2 Å². The normalized spacial score (nSPS) is 14.3. The van der Waals surface area contributed by atoms with Gasteiger partial charge in [0.15, 0.2) is 0 Å². The fourth-order valence-electron chi connectivity index (χ4n) is 1.53. The quantitative estimate of drug-likeness (QED) is 0.525. The third-order valence-corrected chi connectivity index (χ3v) is 2.19. The molecule has 0 aromatic heterocycles. The number of hydrogen-bond donors (Lipinski definition) is 0. The molecule has 1 aliphatic rings. The summed E-state index contributed by atoms with van der Waals surface area (Å²) in [4.78, 5) is 34.1. The Bertz CT molecular complexity index is 470. The molecule has 0 fully saturated rings. The van der Waals surface area contributed by atoms with E-state index >= 15 is 0 Å². The molecule has 1 aliphatic heterocycles. The monoisotopic (exact) mass is 207 g/mol. The van der Waals surface area contributed by atoms with Crippen LogP contribution in [-0.4, -0.2) is 24.5 Å². The van der Waals surface area contributed by atoms with Crippen molar-refractivity contribution < 1.29 is 18.8 Å². The number of Topliss-reactive ketones (excluding diaryl/α,β-unsaturated/α-hetero) is 1. The fourth-order valence-corrected chi connectivity index (χ4v) is 1.53. The van der Waals surface area contributed by atoms with Crippen molar-refractivity contribution in [1.82, 2.24) is 0 Å². The minimum Gasteiger partial charge on any atom is -0.301 e. The average molecular weight is 207 g/mol. The van der Waals surface area contributed by atoms with Gasteiger partial charge in [-0.2, -0.15) is 0 Å². The largest absolute Gasteiger partial charge is 0.301 e. The van der Waals surface area contributed by atoms with Crippen LogP contribution in [0, 0.1) is 5.82 Å². The van der Waals surface area contributed by atoms with Gasteiger partial charge in [-0.15, -0.1) is 0 Å². The molecule has 1 heterocycles. The van der Waals surface area contributed by atoms with E-state index in [1.54, 1.807) is 0 Å². The molecule has 0 spiro atoms. The summed E-state index contributed by atoms with van der Waals surface area (Å²) < 4.78 is 12.8. The molecule has 0 radical (unpaired) electrons. The first kappa shape index (κ1) is 9.51. The minimum atomic E-state index is -0.789. The van der Waals surface area contributed by atoms with E-state index in [2.05, 4.69) is 0 Å². The molecule has 0 saturated heterocycles. The zero-order valence-corrected chi connectivity index (χ0v) is 7.57. The van der Waals surface area contributed by atoms with Gasteiger partial charge in [-0.25, -0.2) is 4.39 Å². The van der Waals surface area contributed by atoms with Crippen LogP contribution in [0.2, 0.25) is 0 Å². The summed E-state index contributed by atoms with van der Waals surface area (Å²) in [7, 11) is 0. The van der Waals surface area contributed by atoms with E-state index in [1.165, 1.54) is 6.07 Å². The number of hydrogen-bond acceptors (Lipinski definition) is 3. The van der Waals surface area contributed by atoms with Gasteiger partial charge in [-0.3, -0.25) is 14.5 Å². The number of anilines is 1. The average Bonchev–Trinajstić information content (AvgIpc) is 2.44. The lowest BCUT2D eigenvalue weighted by Crippen LogP contribution is -2.31. The van der Waals surface area contributed by atoms with Crippen LogP contribution in [0.1, 0.15) is 10.4 Å². The first-order valence-corrected chi connectivity index (χ1v) is 4.24. The standard InChI is InChI=1S/C10H6FNO3/c11-6-1-2-8-7(5-6)9(14)10(15)12(8)3-4-13/h1-2,4-5H,3H2. The number of amides is 1. The van der Waals surface area contributed by atoms with E-state index in [1.807, 2.05) is 0 Å². The second kappa shape index (κ2) is 3.27. The predicted octanol–water partition coefficient (Wildman–Crippen LogP) is 0.554. The molecule has 4 nitrogen and oxygen atoms in total.